The molecule has 2 aromatic rings. The average Bonchev–Trinajstić information content (AvgIpc) is 2.49. The molecule has 1 aliphatic carbocycles. The van der Waals surface area contributed by atoms with Gasteiger partial charge in [0.1, 0.15) is 5.78 Å². The Hall–Kier alpha value is -1.70. The highest BCUT2D eigenvalue weighted by molar-refractivity contribution is 5.85. The number of fused-ring (bicyclic) bond motifs is 1. The number of ketones is 1. The molecule has 0 N–H and O–H groups in total. The van der Waals surface area contributed by atoms with E-state index in [1.807, 2.05) is 12.3 Å². The van der Waals surface area contributed by atoms with Gasteiger partial charge in [0, 0.05) is 23.9 Å². The summed E-state index contributed by atoms with van der Waals surface area (Å²) < 4.78 is 0. The summed E-state index contributed by atoms with van der Waals surface area (Å²) in [5.74, 6) is 1.99. The maximum atomic E-state index is 12.3. The molecule has 0 radical (unpaired) electrons. The molecule has 1 heterocycles. The number of rotatable bonds is 3. The smallest absolute Gasteiger partial charge is 0.136 e. The molecule has 2 heteroatoms. The molecule has 0 spiro atoms. The maximum Gasteiger partial charge on any atom is 0.136 e. The predicted octanol–water partition coefficient (Wildman–Crippen LogP) is 4.42. The van der Waals surface area contributed by atoms with E-state index in [1.54, 1.807) is 0 Å². The van der Waals surface area contributed by atoms with Crippen molar-refractivity contribution in [2.24, 2.45) is 17.8 Å². The van der Waals surface area contributed by atoms with Crippen molar-refractivity contribution in [1.82, 2.24) is 4.98 Å². The van der Waals surface area contributed by atoms with Gasteiger partial charge in [-0.2, -0.15) is 0 Å². The van der Waals surface area contributed by atoms with E-state index in [9.17, 15) is 4.79 Å². The van der Waals surface area contributed by atoms with Gasteiger partial charge in [-0.3, -0.25) is 9.78 Å². The molecular weight excluding hydrogens is 258 g/mol. The molecule has 3 rings (SSSR count). The highest BCUT2D eigenvalue weighted by Gasteiger charge is 2.30. The van der Waals surface area contributed by atoms with Crippen LogP contribution in [-0.4, -0.2) is 10.8 Å². The van der Waals surface area contributed by atoms with Crippen LogP contribution in [-0.2, 0) is 11.2 Å². The number of nitrogens with zero attached hydrogens (tertiary/aromatic N) is 1. The molecular formula is C19H23NO. The Balaban J connectivity index is 1.85. The number of carbonyl (C=O) groups excluding carboxylic acids is 1. The molecule has 1 aromatic heterocycles. The van der Waals surface area contributed by atoms with Gasteiger partial charge in [-0.25, -0.2) is 0 Å². The lowest BCUT2D eigenvalue weighted by Crippen LogP contribution is -2.29. The van der Waals surface area contributed by atoms with Gasteiger partial charge in [-0.15, -0.1) is 0 Å². The Morgan fingerprint density at radius 1 is 1.24 bits per heavy atom. The molecule has 2 nitrogen and oxygen atoms in total. The number of para-hydroxylation sites is 1. The summed E-state index contributed by atoms with van der Waals surface area (Å²) in [5.41, 5.74) is 2.27. The topological polar surface area (TPSA) is 30.0 Å². The zero-order valence-electron chi connectivity index (χ0n) is 12.9. The van der Waals surface area contributed by atoms with E-state index < -0.39 is 0 Å². The zero-order chi connectivity index (χ0) is 14.8. The third-order valence-corrected chi connectivity index (χ3v) is 4.93. The van der Waals surface area contributed by atoms with Crippen molar-refractivity contribution in [3.05, 3.63) is 42.1 Å². The Bertz CT molecular complexity index is 642. The van der Waals surface area contributed by atoms with Gasteiger partial charge >= 0.3 is 0 Å². The Kier molecular flexibility index (Phi) is 4.05. The molecule has 2 unspecified atom stereocenters. The second kappa shape index (κ2) is 5.97. The number of carbonyl (C=O) groups is 1. The van der Waals surface area contributed by atoms with E-state index in [2.05, 4.69) is 43.1 Å². The number of benzene rings is 1. The molecule has 1 aromatic carbocycles. The van der Waals surface area contributed by atoms with Gasteiger partial charge in [0.25, 0.3) is 0 Å². The lowest BCUT2D eigenvalue weighted by atomic mass is 9.73. The van der Waals surface area contributed by atoms with E-state index in [0.29, 0.717) is 17.6 Å². The molecule has 1 aliphatic rings. The number of hydrogen-bond donors (Lipinski definition) is 0. The van der Waals surface area contributed by atoms with Crippen molar-refractivity contribution in [1.29, 1.82) is 0 Å². The molecule has 21 heavy (non-hydrogen) atoms. The van der Waals surface area contributed by atoms with Crippen LogP contribution >= 0.6 is 0 Å². The van der Waals surface area contributed by atoms with Crippen LogP contribution in [0.2, 0.25) is 0 Å². The second-order valence-electron chi connectivity index (χ2n) is 6.64. The maximum absolute atomic E-state index is 12.3. The van der Waals surface area contributed by atoms with Crippen molar-refractivity contribution in [3.63, 3.8) is 0 Å². The van der Waals surface area contributed by atoms with E-state index >= 15 is 0 Å². The first-order valence-corrected chi connectivity index (χ1v) is 8.00. The lowest BCUT2D eigenvalue weighted by Gasteiger charge is -2.30. The Labute approximate surface area is 126 Å². The molecule has 110 valence electrons. The quantitative estimate of drug-likeness (QED) is 0.833. The van der Waals surface area contributed by atoms with Crippen molar-refractivity contribution in [2.75, 3.05) is 0 Å². The molecule has 2 atom stereocenters. The number of hydrogen-bond acceptors (Lipinski definition) is 2. The van der Waals surface area contributed by atoms with Crippen LogP contribution in [0.3, 0.4) is 0 Å². The number of pyridine rings is 1. The summed E-state index contributed by atoms with van der Waals surface area (Å²) in [6.07, 6.45) is 5.55. The fourth-order valence-electron chi connectivity index (χ4n) is 3.55. The molecule has 0 aliphatic heterocycles. The van der Waals surface area contributed by atoms with Gasteiger partial charge in [0.15, 0.2) is 0 Å². The predicted molar refractivity (Wildman–Crippen MR) is 86.1 cm³/mol. The minimum Gasteiger partial charge on any atom is -0.299 e. The highest BCUT2D eigenvalue weighted by atomic mass is 16.1. The number of Topliss-reactive ketones (excluding diaryl/α,β-unsaturated/α-hetero) is 1. The first-order chi connectivity index (χ1) is 10.1. The minimum atomic E-state index is 0.179. The van der Waals surface area contributed by atoms with E-state index in [0.717, 1.165) is 31.2 Å². The average molecular weight is 281 g/mol. The summed E-state index contributed by atoms with van der Waals surface area (Å²) in [7, 11) is 0. The van der Waals surface area contributed by atoms with Crippen LogP contribution < -0.4 is 0 Å². The van der Waals surface area contributed by atoms with Gasteiger partial charge in [-0.05, 0) is 42.7 Å². The standard InChI is InChI=1S/C19H23NO/c1-13(2)15-8-9-18(21)17(11-15)12-16-6-3-5-14-7-4-10-20-19(14)16/h3-7,10,13,15,17H,8-9,11-12H2,1-2H3. The SMILES string of the molecule is CC(C)C1CCC(=O)C(Cc2cccc3cccnc23)C1. The highest BCUT2D eigenvalue weighted by Crippen LogP contribution is 2.34. The van der Waals surface area contributed by atoms with Gasteiger partial charge in [-0.1, -0.05) is 38.1 Å². The number of aromatic nitrogens is 1. The molecule has 0 saturated heterocycles. The second-order valence-corrected chi connectivity index (χ2v) is 6.64. The Morgan fingerprint density at radius 3 is 2.86 bits per heavy atom. The molecule has 0 amide bonds. The van der Waals surface area contributed by atoms with Crippen molar-refractivity contribution < 1.29 is 4.79 Å². The first kappa shape index (κ1) is 14.2. The van der Waals surface area contributed by atoms with E-state index in [4.69, 9.17) is 0 Å². The zero-order valence-corrected chi connectivity index (χ0v) is 12.9. The largest absolute Gasteiger partial charge is 0.299 e. The van der Waals surface area contributed by atoms with Gasteiger partial charge < -0.3 is 0 Å². The Morgan fingerprint density at radius 2 is 2.05 bits per heavy atom. The normalized spacial score (nSPS) is 22.9. The van der Waals surface area contributed by atoms with Crippen molar-refractivity contribution in [3.8, 4) is 0 Å². The third-order valence-electron chi connectivity index (χ3n) is 4.93. The summed E-state index contributed by atoms with van der Waals surface area (Å²) in [6.45, 7) is 4.55. The van der Waals surface area contributed by atoms with Crippen LogP contribution in [0.15, 0.2) is 36.5 Å². The molecule has 1 fully saturated rings. The third kappa shape index (κ3) is 2.99. The van der Waals surface area contributed by atoms with Crippen LogP contribution in [0.1, 0.15) is 38.7 Å². The van der Waals surface area contributed by atoms with E-state index in [1.165, 1.54) is 10.9 Å². The minimum absolute atomic E-state index is 0.179. The fourth-order valence-corrected chi connectivity index (χ4v) is 3.55. The summed E-state index contributed by atoms with van der Waals surface area (Å²) in [5, 5.41) is 1.17. The van der Waals surface area contributed by atoms with Crippen molar-refractivity contribution >= 4 is 16.7 Å². The monoisotopic (exact) mass is 281 g/mol. The molecule has 1 saturated carbocycles. The van der Waals surface area contributed by atoms with Crippen LogP contribution in [0.4, 0.5) is 0 Å². The van der Waals surface area contributed by atoms with Crippen LogP contribution in [0, 0.1) is 17.8 Å². The van der Waals surface area contributed by atoms with E-state index in [-0.39, 0.29) is 5.92 Å². The molecule has 0 bridgehead atoms. The summed E-state index contributed by atoms with van der Waals surface area (Å²) in [6, 6.07) is 10.3. The summed E-state index contributed by atoms with van der Waals surface area (Å²) in [4.78, 5) is 16.8. The van der Waals surface area contributed by atoms with Gasteiger partial charge in [0.05, 0.1) is 5.52 Å². The van der Waals surface area contributed by atoms with Crippen molar-refractivity contribution in [2.45, 2.75) is 39.5 Å². The first-order valence-electron chi connectivity index (χ1n) is 8.00. The lowest BCUT2D eigenvalue weighted by molar-refractivity contribution is -0.125. The van der Waals surface area contributed by atoms with Gasteiger partial charge in [0.2, 0.25) is 0 Å². The van der Waals surface area contributed by atoms with Crippen LogP contribution in [0.25, 0.3) is 10.9 Å². The summed E-state index contributed by atoms with van der Waals surface area (Å²) >= 11 is 0. The van der Waals surface area contributed by atoms with Crippen LogP contribution in [0.5, 0.6) is 0 Å². The fraction of sp³-hybridized carbons (Fsp3) is 0.474.